The number of unbranched alkanes of at least 4 members (excludes halogenated alkanes) is 1. The van der Waals surface area contributed by atoms with Crippen molar-refractivity contribution < 1.29 is 13.2 Å². The molecule has 3 aromatic rings. The Morgan fingerprint density at radius 3 is 2.46 bits per heavy atom. The molecule has 0 unspecified atom stereocenters. The number of thiazole rings is 1. The molecule has 6 nitrogen and oxygen atoms in total. The second-order valence-corrected chi connectivity index (χ2v) is 8.75. The normalized spacial score (nSPS) is 11.2. The molecular formula is C20H21N3O3S2. The Morgan fingerprint density at radius 2 is 1.79 bits per heavy atom. The summed E-state index contributed by atoms with van der Waals surface area (Å²) in [6.07, 6.45) is 3.28. The van der Waals surface area contributed by atoms with Crippen LogP contribution in [-0.2, 0) is 16.4 Å². The first kappa shape index (κ1) is 20.0. The number of rotatable bonds is 8. The summed E-state index contributed by atoms with van der Waals surface area (Å²) in [5.41, 5.74) is 2.06. The standard InChI is InChI=1S/C20H21N3O3S2/c1-2-3-7-15-10-12-16(13-11-15)21-19(24)18-14-27-20(22-18)23-28(25,26)17-8-5-4-6-9-17/h4-6,8-14H,2-3,7H2,1H3,(H,21,24)(H,22,23). The SMILES string of the molecule is CCCCc1ccc(NC(=O)c2csc(NS(=O)(=O)c3ccccc3)n2)cc1. The molecule has 2 aromatic carbocycles. The lowest BCUT2D eigenvalue weighted by Crippen LogP contribution is -2.14. The van der Waals surface area contributed by atoms with Crippen molar-refractivity contribution in [2.24, 2.45) is 0 Å². The molecule has 1 heterocycles. The van der Waals surface area contributed by atoms with Gasteiger partial charge >= 0.3 is 0 Å². The third-order valence-electron chi connectivity index (χ3n) is 4.04. The van der Waals surface area contributed by atoms with Gasteiger partial charge in [-0.05, 0) is 42.7 Å². The van der Waals surface area contributed by atoms with Gasteiger partial charge in [0.25, 0.3) is 15.9 Å². The molecule has 28 heavy (non-hydrogen) atoms. The molecule has 0 aliphatic carbocycles. The molecule has 0 aliphatic heterocycles. The number of anilines is 2. The zero-order valence-electron chi connectivity index (χ0n) is 15.4. The average molecular weight is 416 g/mol. The van der Waals surface area contributed by atoms with Crippen molar-refractivity contribution in [2.75, 3.05) is 10.0 Å². The fourth-order valence-corrected chi connectivity index (χ4v) is 4.49. The minimum Gasteiger partial charge on any atom is -0.321 e. The second-order valence-electron chi connectivity index (χ2n) is 6.21. The van der Waals surface area contributed by atoms with Crippen LogP contribution in [0.25, 0.3) is 0 Å². The number of nitrogens with zero attached hydrogens (tertiary/aromatic N) is 1. The maximum absolute atomic E-state index is 12.4. The molecule has 0 saturated heterocycles. The number of hydrogen-bond donors (Lipinski definition) is 2. The predicted octanol–water partition coefficient (Wildman–Crippen LogP) is 4.54. The molecule has 1 aromatic heterocycles. The molecule has 0 saturated carbocycles. The van der Waals surface area contributed by atoms with Crippen LogP contribution in [-0.4, -0.2) is 19.3 Å². The van der Waals surface area contributed by atoms with Crippen LogP contribution in [0.4, 0.5) is 10.8 Å². The largest absolute Gasteiger partial charge is 0.321 e. The van der Waals surface area contributed by atoms with E-state index in [0.717, 1.165) is 30.6 Å². The third-order valence-corrected chi connectivity index (χ3v) is 6.28. The topological polar surface area (TPSA) is 88.2 Å². The van der Waals surface area contributed by atoms with Crippen molar-refractivity contribution in [3.8, 4) is 0 Å². The van der Waals surface area contributed by atoms with Crippen molar-refractivity contribution in [1.82, 2.24) is 4.98 Å². The highest BCUT2D eigenvalue weighted by Gasteiger charge is 2.17. The molecule has 0 spiro atoms. The first-order valence-electron chi connectivity index (χ1n) is 8.91. The van der Waals surface area contributed by atoms with Gasteiger partial charge in [0.2, 0.25) is 0 Å². The van der Waals surface area contributed by atoms with Crippen LogP contribution in [0.15, 0.2) is 64.9 Å². The molecule has 0 fully saturated rings. The van der Waals surface area contributed by atoms with E-state index in [1.165, 1.54) is 23.1 Å². The van der Waals surface area contributed by atoms with Crippen LogP contribution >= 0.6 is 11.3 Å². The monoisotopic (exact) mass is 415 g/mol. The first-order valence-corrected chi connectivity index (χ1v) is 11.3. The lowest BCUT2D eigenvalue weighted by molar-refractivity contribution is 0.102. The predicted molar refractivity (Wildman–Crippen MR) is 112 cm³/mol. The maximum Gasteiger partial charge on any atom is 0.275 e. The Labute approximate surface area is 168 Å². The molecule has 8 heteroatoms. The minimum atomic E-state index is -3.73. The quantitative estimate of drug-likeness (QED) is 0.565. The molecule has 3 rings (SSSR count). The van der Waals surface area contributed by atoms with Gasteiger partial charge in [-0.3, -0.25) is 9.52 Å². The molecular weight excluding hydrogens is 394 g/mol. The van der Waals surface area contributed by atoms with Crippen molar-refractivity contribution in [2.45, 2.75) is 31.1 Å². The zero-order valence-corrected chi connectivity index (χ0v) is 17.0. The Kier molecular flexibility index (Phi) is 6.43. The third kappa shape index (κ3) is 5.17. The van der Waals surface area contributed by atoms with Crippen LogP contribution in [0.1, 0.15) is 35.8 Å². The van der Waals surface area contributed by atoms with Crippen molar-refractivity contribution in [3.63, 3.8) is 0 Å². The number of aryl methyl sites for hydroxylation is 1. The molecule has 0 aliphatic rings. The van der Waals surface area contributed by atoms with Gasteiger partial charge in [-0.25, -0.2) is 13.4 Å². The van der Waals surface area contributed by atoms with Gasteiger partial charge in [0.05, 0.1) is 4.90 Å². The van der Waals surface area contributed by atoms with Crippen molar-refractivity contribution in [3.05, 3.63) is 71.2 Å². The van der Waals surface area contributed by atoms with Gasteiger partial charge in [0, 0.05) is 11.1 Å². The number of aromatic nitrogens is 1. The van der Waals surface area contributed by atoms with E-state index >= 15 is 0 Å². The summed E-state index contributed by atoms with van der Waals surface area (Å²) < 4.78 is 27.1. The Bertz CT molecular complexity index is 1030. The number of sulfonamides is 1. The van der Waals surface area contributed by atoms with E-state index < -0.39 is 10.0 Å². The number of amides is 1. The highest BCUT2D eigenvalue weighted by atomic mass is 32.2. The summed E-state index contributed by atoms with van der Waals surface area (Å²) in [6.45, 7) is 2.15. The van der Waals surface area contributed by atoms with E-state index in [9.17, 15) is 13.2 Å². The Morgan fingerprint density at radius 1 is 1.07 bits per heavy atom. The number of hydrogen-bond acceptors (Lipinski definition) is 5. The fraction of sp³-hybridized carbons (Fsp3) is 0.200. The number of nitrogens with one attached hydrogen (secondary N) is 2. The summed E-state index contributed by atoms with van der Waals surface area (Å²) in [5.74, 6) is -0.386. The van der Waals surface area contributed by atoms with Gasteiger partial charge < -0.3 is 5.32 Å². The Hall–Kier alpha value is -2.71. The maximum atomic E-state index is 12.4. The van der Waals surface area contributed by atoms with E-state index in [-0.39, 0.29) is 21.6 Å². The van der Waals surface area contributed by atoms with Gasteiger partial charge in [0.15, 0.2) is 5.13 Å². The van der Waals surface area contributed by atoms with Gasteiger partial charge in [-0.2, -0.15) is 0 Å². The number of benzene rings is 2. The van der Waals surface area contributed by atoms with Gasteiger partial charge in [0.1, 0.15) is 5.69 Å². The summed E-state index contributed by atoms with van der Waals surface area (Å²) in [5, 5.41) is 4.44. The van der Waals surface area contributed by atoms with Crippen LogP contribution in [0.3, 0.4) is 0 Å². The van der Waals surface area contributed by atoms with E-state index in [1.54, 1.807) is 18.2 Å². The highest BCUT2D eigenvalue weighted by Crippen LogP contribution is 2.21. The van der Waals surface area contributed by atoms with Crippen LogP contribution < -0.4 is 10.0 Å². The molecule has 1 amide bonds. The van der Waals surface area contributed by atoms with E-state index in [0.29, 0.717) is 5.69 Å². The highest BCUT2D eigenvalue weighted by molar-refractivity contribution is 7.93. The second kappa shape index (κ2) is 8.99. The number of carbonyl (C=O) groups excluding carboxylic acids is 1. The van der Waals surface area contributed by atoms with Crippen LogP contribution in [0.2, 0.25) is 0 Å². The fourth-order valence-electron chi connectivity index (χ4n) is 2.53. The lowest BCUT2D eigenvalue weighted by Gasteiger charge is -2.05. The minimum absolute atomic E-state index is 0.138. The summed E-state index contributed by atoms with van der Waals surface area (Å²) in [6, 6.07) is 15.7. The van der Waals surface area contributed by atoms with E-state index in [4.69, 9.17) is 0 Å². The Balaban J connectivity index is 1.64. The lowest BCUT2D eigenvalue weighted by atomic mass is 10.1. The number of carbonyl (C=O) groups is 1. The zero-order chi connectivity index (χ0) is 20.0. The van der Waals surface area contributed by atoms with Crippen LogP contribution in [0.5, 0.6) is 0 Å². The molecule has 0 atom stereocenters. The molecule has 0 bridgehead atoms. The van der Waals surface area contributed by atoms with Gasteiger partial charge in [-0.1, -0.05) is 43.7 Å². The molecule has 146 valence electrons. The smallest absolute Gasteiger partial charge is 0.275 e. The van der Waals surface area contributed by atoms with Gasteiger partial charge in [-0.15, -0.1) is 11.3 Å². The molecule has 0 radical (unpaired) electrons. The van der Waals surface area contributed by atoms with Crippen LogP contribution in [0, 0.1) is 0 Å². The molecule has 2 N–H and O–H groups in total. The van der Waals surface area contributed by atoms with E-state index in [1.807, 2.05) is 24.3 Å². The summed E-state index contributed by atoms with van der Waals surface area (Å²) in [4.78, 5) is 16.6. The van der Waals surface area contributed by atoms with Crippen molar-refractivity contribution in [1.29, 1.82) is 0 Å². The first-order chi connectivity index (χ1) is 13.5. The summed E-state index contributed by atoms with van der Waals surface area (Å²) >= 11 is 1.06. The summed E-state index contributed by atoms with van der Waals surface area (Å²) in [7, 11) is -3.73. The van der Waals surface area contributed by atoms with E-state index in [2.05, 4.69) is 21.9 Å². The van der Waals surface area contributed by atoms with Crippen molar-refractivity contribution >= 4 is 38.1 Å². The average Bonchev–Trinajstić information content (AvgIpc) is 3.16.